The number of ether oxygens (including phenoxy) is 1. The van der Waals surface area contributed by atoms with Crippen LogP contribution in [0.1, 0.15) is 5.89 Å². The van der Waals surface area contributed by atoms with E-state index in [1.165, 1.54) is 12.1 Å². The van der Waals surface area contributed by atoms with E-state index in [-0.39, 0.29) is 5.82 Å². The number of halogens is 1. The Hall–Kier alpha value is -2.89. The Morgan fingerprint density at radius 3 is 2.50 bits per heavy atom. The molecule has 6 heteroatoms. The normalized spacial score (nSPS) is 10.5. The summed E-state index contributed by atoms with van der Waals surface area (Å²) in [7, 11) is 1.61. The van der Waals surface area contributed by atoms with Crippen LogP contribution in [0.5, 0.6) is 5.75 Å². The Morgan fingerprint density at radius 1 is 1.09 bits per heavy atom. The van der Waals surface area contributed by atoms with Gasteiger partial charge in [-0.25, -0.2) is 4.39 Å². The third-order valence-corrected chi connectivity index (χ3v) is 3.10. The highest BCUT2D eigenvalue weighted by Gasteiger charge is 2.08. The van der Waals surface area contributed by atoms with Crippen LogP contribution in [-0.2, 0) is 6.54 Å². The van der Waals surface area contributed by atoms with Crippen LogP contribution in [0.25, 0.3) is 11.4 Å². The molecular formula is C16H14FN3O2. The van der Waals surface area contributed by atoms with Gasteiger partial charge in [-0.2, -0.15) is 4.98 Å². The second-order valence-corrected chi connectivity index (χ2v) is 4.60. The van der Waals surface area contributed by atoms with Crippen molar-refractivity contribution in [1.29, 1.82) is 0 Å². The minimum absolute atomic E-state index is 0.273. The van der Waals surface area contributed by atoms with Crippen molar-refractivity contribution in [1.82, 2.24) is 10.1 Å². The summed E-state index contributed by atoms with van der Waals surface area (Å²) in [6.07, 6.45) is 0. The molecule has 0 saturated heterocycles. The van der Waals surface area contributed by atoms with E-state index in [4.69, 9.17) is 9.26 Å². The molecule has 22 heavy (non-hydrogen) atoms. The summed E-state index contributed by atoms with van der Waals surface area (Å²) in [6, 6.07) is 13.5. The number of nitrogens with one attached hydrogen (secondary N) is 1. The molecule has 0 aliphatic carbocycles. The number of anilines is 1. The third-order valence-electron chi connectivity index (χ3n) is 3.10. The predicted molar refractivity (Wildman–Crippen MR) is 80.0 cm³/mol. The number of aromatic nitrogens is 2. The fraction of sp³-hybridized carbons (Fsp3) is 0.125. The molecule has 0 aliphatic heterocycles. The summed E-state index contributed by atoms with van der Waals surface area (Å²) in [5.41, 5.74) is 1.63. The van der Waals surface area contributed by atoms with Gasteiger partial charge in [-0.05, 0) is 48.5 Å². The molecule has 0 bridgehead atoms. The van der Waals surface area contributed by atoms with E-state index < -0.39 is 0 Å². The second-order valence-electron chi connectivity index (χ2n) is 4.60. The van der Waals surface area contributed by atoms with Gasteiger partial charge in [0.25, 0.3) is 0 Å². The van der Waals surface area contributed by atoms with Crippen LogP contribution in [0.2, 0.25) is 0 Å². The fourth-order valence-corrected chi connectivity index (χ4v) is 1.93. The molecule has 5 nitrogen and oxygen atoms in total. The van der Waals surface area contributed by atoms with E-state index in [0.717, 1.165) is 17.0 Å². The van der Waals surface area contributed by atoms with Crippen molar-refractivity contribution in [2.24, 2.45) is 0 Å². The van der Waals surface area contributed by atoms with Gasteiger partial charge in [-0.3, -0.25) is 0 Å². The highest BCUT2D eigenvalue weighted by molar-refractivity contribution is 5.55. The van der Waals surface area contributed by atoms with Crippen LogP contribution in [0, 0.1) is 5.82 Å². The van der Waals surface area contributed by atoms with Crippen molar-refractivity contribution in [3.8, 4) is 17.1 Å². The van der Waals surface area contributed by atoms with Crippen LogP contribution in [-0.4, -0.2) is 17.3 Å². The maximum atomic E-state index is 12.8. The molecule has 0 unspecified atom stereocenters. The minimum atomic E-state index is -0.273. The number of methoxy groups -OCH3 is 1. The Balaban J connectivity index is 1.66. The van der Waals surface area contributed by atoms with Gasteiger partial charge >= 0.3 is 0 Å². The number of nitrogens with zero attached hydrogens (tertiary/aromatic N) is 2. The molecule has 0 radical (unpaired) electrons. The van der Waals surface area contributed by atoms with Crippen LogP contribution in [0.15, 0.2) is 53.1 Å². The molecule has 2 aromatic carbocycles. The van der Waals surface area contributed by atoms with E-state index >= 15 is 0 Å². The lowest BCUT2D eigenvalue weighted by atomic mass is 10.2. The Kier molecular flexibility index (Phi) is 4.00. The lowest BCUT2D eigenvalue weighted by Crippen LogP contribution is -1.99. The van der Waals surface area contributed by atoms with E-state index in [9.17, 15) is 4.39 Å². The average molecular weight is 299 g/mol. The molecule has 0 atom stereocenters. The summed E-state index contributed by atoms with van der Waals surface area (Å²) in [4.78, 5) is 4.31. The molecule has 0 aliphatic rings. The van der Waals surface area contributed by atoms with Crippen molar-refractivity contribution in [2.45, 2.75) is 6.54 Å². The van der Waals surface area contributed by atoms with E-state index in [2.05, 4.69) is 15.5 Å². The summed E-state index contributed by atoms with van der Waals surface area (Å²) in [5, 5.41) is 7.03. The monoisotopic (exact) mass is 299 g/mol. The molecule has 0 fully saturated rings. The molecule has 1 heterocycles. The first-order valence-corrected chi connectivity index (χ1v) is 6.71. The number of benzene rings is 2. The van der Waals surface area contributed by atoms with Crippen LogP contribution in [0.4, 0.5) is 10.1 Å². The molecule has 1 N–H and O–H groups in total. The van der Waals surface area contributed by atoms with Crippen LogP contribution < -0.4 is 10.1 Å². The number of rotatable bonds is 5. The van der Waals surface area contributed by atoms with Gasteiger partial charge in [0.1, 0.15) is 11.6 Å². The Bertz CT molecular complexity index is 739. The highest BCUT2D eigenvalue weighted by Crippen LogP contribution is 2.20. The van der Waals surface area contributed by atoms with Gasteiger partial charge in [0.2, 0.25) is 11.7 Å². The summed E-state index contributed by atoms with van der Waals surface area (Å²) >= 11 is 0. The maximum absolute atomic E-state index is 12.8. The molecule has 0 saturated carbocycles. The molecule has 1 aromatic heterocycles. The molecule has 0 spiro atoms. The van der Waals surface area contributed by atoms with Crippen molar-refractivity contribution < 1.29 is 13.7 Å². The maximum Gasteiger partial charge on any atom is 0.246 e. The van der Waals surface area contributed by atoms with Gasteiger partial charge in [0, 0.05) is 11.3 Å². The molecule has 3 aromatic rings. The quantitative estimate of drug-likeness (QED) is 0.781. The fourth-order valence-electron chi connectivity index (χ4n) is 1.93. The third kappa shape index (κ3) is 3.22. The van der Waals surface area contributed by atoms with Crippen molar-refractivity contribution >= 4 is 5.69 Å². The lowest BCUT2D eigenvalue weighted by molar-refractivity contribution is 0.384. The molecule has 3 rings (SSSR count). The number of hydrogen-bond donors (Lipinski definition) is 1. The molecule has 0 amide bonds. The lowest BCUT2D eigenvalue weighted by Gasteiger charge is -2.02. The van der Waals surface area contributed by atoms with E-state index in [0.29, 0.717) is 18.3 Å². The van der Waals surface area contributed by atoms with E-state index in [1.807, 2.05) is 24.3 Å². The van der Waals surface area contributed by atoms with Gasteiger partial charge in [-0.1, -0.05) is 5.16 Å². The van der Waals surface area contributed by atoms with Gasteiger partial charge in [0.05, 0.1) is 13.7 Å². The van der Waals surface area contributed by atoms with Crippen LogP contribution >= 0.6 is 0 Å². The zero-order chi connectivity index (χ0) is 15.4. The van der Waals surface area contributed by atoms with Crippen LogP contribution in [0.3, 0.4) is 0 Å². The van der Waals surface area contributed by atoms with Crippen molar-refractivity contribution in [3.63, 3.8) is 0 Å². The molecule has 112 valence electrons. The summed E-state index contributed by atoms with van der Waals surface area (Å²) in [6.45, 7) is 0.370. The van der Waals surface area contributed by atoms with Gasteiger partial charge in [-0.15, -0.1) is 0 Å². The van der Waals surface area contributed by atoms with Crippen molar-refractivity contribution in [2.75, 3.05) is 12.4 Å². The first-order valence-electron chi connectivity index (χ1n) is 6.71. The predicted octanol–water partition coefficient (Wildman–Crippen LogP) is 3.50. The topological polar surface area (TPSA) is 60.2 Å². The van der Waals surface area contributed by atoms with Gasteiger partial charge in [0.15, 0.2) is 0 Å². The smallest absolute Gasteiger partial charge is 0.246 e. The Labute approximate surface area is 126 Å². The van der Waals surface area contributed by atoms with Crippen molar-refractivity contribution in [3.05, 3.63) is 60.2 Å². The zero-order valence-electron chi connectivity index (χ0n) is 11.9. The first-order chi connectivity index (χ1) is 10.7. The number of hydrogen-bond acceptors (Lipinski definition) is 5. The van der Waals surface area contributed by atoms with E-state index in [1.54, 1.807) is 19.2 Å². The summed E-state index contributed by atoms with van der Waals surface area (Å²) < 4.78 is 23.1. The zero-order valence-corrected chi connectivity index (χ0v) is 11.9. The molecular weight excluding hydrogens is 285 g/mol. The largest absolute Gasteiger partial charge is 0.497 e. The second kappa shape index (κ2) is 6.26. The highest BCUT2D eigenvalue weighted by atomic mass is 19.1. The Morgan fingerprint density at radius 2 is 1.82 bits per heavy atom. The van der Waals surface area contributed by atoms with Gasteiger partial charge < -0.3 is 14.6 Å². The summed E-state index contributed by atoms with van der Waals surface area (Å²) in [5.74, 6) is 1.46. The first kappa shape index (κ1) is 14.1. The SMILES string of the molecule is COc1ccc(-c2noc(CNc3ccc(F)cc3)n2)cc1. The standard InChI is InChI=1S/C16H14FN3O2/c1-21-14-8-2-11(3-9-14)16-19-15(22-20-16)10-18-13-6-4-12(17)5-7-13/h2-9,18H,10H2,1H3. The average Bonchev–Trinajstić information content (AvgIpc) is 3.03. The minimum Gasteiger partial charge on any atom is -0.497 e.